The summed E-state index contributed by atoms with van der Waals surface area (Å²) in [4.78, 5) is 13.6. The van der Waals surface area contributed by atoms with Crippen LogP contribution in [-0.2, 0) is 16.1 Å². The normalized spacial score (nSPS) is 15.4. The molecule has 0 unspecified atom stereocenters. The molecule has 5 nitrogen and oxygen atoms in total. The first-order valence-electron chi connectivity index (χ1n) is 6.17. The van der Waals surface area contributed by atoms with Gasteiger partial charge in [-0.2, -0.15) is 0 Å². The van der Waals surface area contributed by atoms with E-state index >= 15 is 0 Å². The van der Waals surface area contributed by atoms with E-state index in [0.717, 1.165) is 5.56 Å². The van der Waals surface area contributed by atoms with Crippen molar-refractivity contribution in [2.75, 3.05) is 32.9 Å². The monoisotopic (exact) mass is 284 g/mol. The van der Waals surface area contributed by atoms with Crippen molar-refractivity contribution in [1.29, 1.82) is 0 Å². The zero-order chi connectivity index (χ0) is 13.7. The van der Waals surface area contributed by atoms with Gasteiger partial charge in [0.15, 0.2) is 6.61 Å². The van der Waals surface area contributed by atoms with Gasteiger partial charge in [-0.05, 0) is 17.7 Å². The molecule has 0 spiro atoms. The van der Waals surface area contributed by atoms with Gasteiger partial charge in [0.25, 0.3) is 5.91 Å². The number of nitrogens with two attached hydrogens (primary N) is 1. The number of amides is 1. The number of hydrogen-bond acceptors (Lipinski definition) is 4. The summed E-state index contributed by atoms with van der Waals surface area (Å²) in [6.45, 7) is 2.80. The summed E-state index contributed by atoms with van der Waals surface area (Å²) in [5, 5.41) is 0.470. The molecule has 1 fully saturated rings. The van der Waals surface area contributed by atoms with Crippen molar-refractivity contribution >= 4 is 17.5 Å². The number of halogens is 1. The Morgan fingerprint density at radius 2 is 2.16 bits per heavy atom. The fraction of sp³-hybridized carbons (Fsp3) is 0.462. The molecular formula is C13H17ClN2O3. The first kappa shape index (κ1) is 14.1. The molecule has 0 atom stereocenters. The maximum atomic E-state index is 11.9. The molecule has 19 heavy (non-hydrogen) atoms. The van der Waals surface area contributed by atoms with Gasteiger partial charge in [-0.1, -0.05) is 17.7 Å². The average molecular weight is 285 g/mol. The molecule has 1 amide bonds. The van der Waals surface area contributed by atoms with E-state index in [9.17, 15) is 4.79 Å². The fourth-order valence-electron chi connectivity index (χ4n) is 1.83. The number of ether oxygens (including phenoxy) is 2. The molecule has 0 aliphatic carbocycles. The molecule has 1 aliphatic rings. The fourth-order valence-corrected chi connectivity index (χ4v) is 2.09. The molecule has 6 heteroatoms. The summed E-state index contributed by atoms with van der Waals surface area (Å²) in [5.41, 5.74) is 6.44. The van der Waals surface area contributed by atoms with E-state index in [1.54, 1.807) is 17.0 Å². The van der Waals surface area contributed by atoms with Gasteiger partial charge < -0.3 is 20.1 Å². The third-order valence-corrected chi connectivity index (χ3v) is 3.24. The highest BCUT2D eigenvalue weighted by Crippen LogP contribution is 2.25. The van der Waals surface area contributed by atoms with Crippen molar-refractivity contribution in [3.8, 4) is 5.75 Å². The molecule has 1 heterocycles. The van der Waals surface area contributed by atoms with Crippen molar-refractivity contribution in [1.82, 2.24) is 4.90 Å². The minimum absolute atomic E-state index is 0.0122. The summed E-state index contributed by atoms with van der Waals surface area (Å²) >= 11 is 6.05. The van der Waals surface area contributed by atoms with Gasteiger partial charge in [-0.3, -0.25) is 4.79 Å². The van der Waals surface area contributed by atoms with Crippen LogP contribution < -0.4 is 10.5 Å². The maximum Gasteiger partial charge on any atom is 0.260 e. The molecule has 0 saturated carbocycles. The summed E-state index contributed by atoms with van der Waals surface area (Å²) in [7, 11) is 0. The molecule has 0 radical (unpaired) electrons. The third-order valence-electron chi connectivity index (χ3n) is 2.95. The summed E-state index contributed by atoms with van der Waals surface area (Å²) in [5.74, 6) is 0.447. The second kappa shape index (κ2) is 6.75. The molecule has 1 saturated heterocycles. The zero-order valence-corrected chi connectivity index (χ0v) is 11.4. The van der Waals surface area contributed by atoms with Gasteiger partial charge in [0.05, 0.1) is 18.2 Å². The average Bonchev–Trinajstić information content (AvgIpc) is 2.46. The predicted molar refractivity (Wildman–Crippen MR) is 72.2 cm³/mol. The summed E-state index contributed by atoms with van der Waals surface area (Å²) in [6.07, 6.45) is 0. The van der Waals surface area contributed by atoms with Crippen molar-refractivity contribution < 1.29 is 14.3 Å². The lowest BCUT2D eigenvalue weighted by molar-refractivity contribution is -0.137. The highest BCUT2D eigenvalue weighted by Gasteiger charge is 2.17. The van der Waals surface area contributed by atoms with Crippen LogP contribution in [0.2, 0.25) is 5.02 Å². The van der Waals surface area contributed by atoms with Crippen LogP contribution in [0.25, 0.3) is 0 Å². The SMILES string of the molecule is NCc1ccc(OCC(=O)N2CCOCC2)c(Cl)c1. The van der Waals surface area contributed by atoms with Gasteiger partial charge in [-0.15, -0.1) is 0 Å². The smallest absolute Gasteiger partial charge is 0.260 e. The molecule has 2 N–H and O–H groups in total. The number of rotatable bonds is 4. The molecule has 0 bridgehead atoms. The quantitative estimate of drug-likeness (QED) is 0.897. The standard InChI is InChI=1S/C13H17ClN2O3/c14-11-7-10(8-15)1-2-12(11)19-9-13(17)16-3-5-18-6-4-16/h1-2,7H,3-6,8-9,15H2. The second-order valence-electron chi connectivity index (χ2n) is 4.25. The number of carbonyl (C=O) groups excluding carboxylic acids is 1. The van der Waals surface area contributed by atoms with Crippen LogP contribution in [0.1, 0.15) is 5.56 Å². The van der Waals surface area contributed by atoms with Gasteiger partial charge in [-0.25, -0.2) is 0 Å². The number of benzene rings is 1. The van der Waals surface area contributed by atoms with Crippen molar-refractivity contribution in [2.45, 2.75) is 6.54 Å². The van der Waals surface area contributed by atoms with E-state index in [0.29, 0.717) is 43.6 Å². The highest BCUT2D eigenvalue weighted by molar-refractivity contribution is 6.32. The Labute approximate surface area is 117 Å². The molecule has 0 aromatic heterocycles. The largest absolute Gasteiger partial charge is 0.482 e. The van der Waals surface area contributed by atoms with Gasteiger partial charge in [0.1, 0.15) is 5.75 Å². The van der Waals surface area contributed by atoms with Crippen molar-refractivity contribution in [3.63, 3.8) is 0 Å². The number of hydrogen-bond donors (Lipinski definition) is 1. The molecule has 2 rings (SSSR count). The van der Waals surface area contributed by atoms with Crippen LogP contribution in [0.3, 0.4) is 0 Å². The highest BCUT2D eigenvalue weighted by atomic mass is 35.5. The lowest BCUT2D eigenvalue weighted by Crippen LogP contribution is -2.43. The first-order valence-corrected chi connectivity index (χ1v) is 6.55. The molecule has 1 aromatic carbocycles. The van der Waals surface area contributed by atoms with Crippen molar-refractivity contribution in [2.24, 2.45) is 5.73 Å². The number of carbonyl (C=O) groups is 1. The molecule has 104 valence electrons. The predicted octanol–water partition coefficient (Wildman–Crippen LogP) is 1.04. The van der Waals surface area contributed by atoms with Crippen molar-refractivity contribution in [3.05, 3.63) is 28.8 Å². The Morgan fingerprint density at radius 3 is 2.79 bits per heavy atom. The van der Waals surface area contributed by atoms with Crippen LogP contribution in [0.5, 0.6) is 5.75 Å². The Kier molecular flexibility index (Phi) is 5.01. The van der Waals surface area contributed by atoms with Crippen LogP contribution in [0, 0.1) is 0 Å². The Morgan fingerprint density at radius 1 is 1.42 bits per heavy atom. The van der Waals surface area contributed by atoms with E-state index in [1.807, 2.05) is 6.07 Å². The lowest BCUT2D eigenvalue weighted by Gasteiger charge is -2.26. The van der Waals surface area contributed by atoms with E-state index < -0.39 is 0 Å². The molecular weight excluding hydrogens is 268 g/mol. The van der Waals surface area contributed by atoms with Crippen LogP contribution in [0.15, 0.2) is 18.2 Å². The topological polar surface area (TPSA) is 64.8 Å². The Bertz CT molecular complexity index is 448. The molecule has 1 aromatic rings. The van der Waals surface area contributed by atoms with Gasteiger partial charge in [0.2, 0.25) is 0 Å². The number of morpholine rings is 1. The van der Waals surface area contributed by atoms with Crippen LogP contribution in [0.4, 0.5) is 0 Å². The van der Waals surface area contributed by atoms with Gasteiger partial charge in [0, 0.05) is 19.6 Å². The number of nitrogens with zero attached hydrogens (tertiary/aromatic N) is 1. The lowest BCUT2D eigenvalue weighted by atomic mass is 10.2. The first-order chi connectivity index (χ1) is 9.20. The minimum atomic E-state index is -0.0535. The summed E-state index contributed by atoms with van der Waals surface area (Å²) in [6, 6.07) is 5.31. The Balaban J connectivity index is 1.89. The third kappa shape index (κ3) is 3.83. The van der Waals surface area contributed by atoms with Crippen LogP contribution in [-0.4, -0.2) is 43.7 Å². The van der Waals surface area contributed by atoms with E-state index in [4.69, 9.17) is 26.8 Å². The minimum Gasteiger partial charge on any atom is -0.482 e. The summed E-state index contributed by atoms with van der Waals surface area (Å²) < 4.78 is 10.6. The molecule has 1 aliphatic heterocycles. The van der Waals surface area contributed by atoms with E-state index in [2.05, 4.69) is 0 Å². The van der Waals surface area contributed by atoms with Crippen LogP contribution >= 0.6 is 11.6 Å². The zero-order valence-electron chi connectivity index (χ0n) is 10.6. The van der Waals surface area contributed by atoms with E-state index in [1.165, 1.54) is 0 Å². The Hall–Kier alpha value is -1.30. The maximum absolute atomic E-state index is 11.9. The van der Waals surface area contributed by atoms with Gasteiger partial charge >= 0.3 is 0 Å². The second-order valence-corrected chi connectivity index (χ2v) is 4.66. The van der Waals surface area contributed by atoms with E-state index in [-0.39, 0.29) is 12.5 Å².